The molecule has 0 bridgehead atoms. The van der Waals surface area contributed by atoms with Crippen LogP contribution in [0.5, 0.6) is 0 Å². The molecule has 0 amide bonds. The van der Waals surface area contributed by atoms with Crippen molar-refractivity contribution in [3.8, 4) is 21.8 Å². The van der Waals surface area contributed by atoms with Crippen molar-refractivity contribution in [3.05, 3.63) is 75.8 Å². The van der Waals surface area contributed by atoms with Crippen LogP contribution in [-0.2, 0) is 19.1 Å². The molecule has 2 aromatic carbocycles. The average molecular weight is 439 g/mol. The molecule has 0 aliphatic rings. The number of ether oxygens (including phenoxy) is 2. The van der Waals surface area contributed by atoms with E-state index in [0.717, 1.165) is 11.6 Å². The summed E-state index contributed by atoms with van der Waals surface area (Å²) in [5, 5.41) is 16.4. The number of carbonyl (C=O) groups is 2. The molecular weight excluding hydrogens is 422 g/mol. The molecule has 3 aromatic rings. The first-order valence-corrected chi connectivity index (χ1v) is 9.75. The van der Waals surface area contributed by atoms with E-state index in [-0.39, 0.29) is 11.4 Å². The lowest BCUT2D eigenvalue weighted by atomic mass is 10.1. The van der Waals surface area contributed by atoms with Gasteiger partial charge in [-0.3, -0.25) is 10.1 Å². The summed E-state index contributed by atoms with van der Waals surface area (Å²) in [7, 11) is 2.34. The van der Waals surface area contributed by atoms with Gasteiger partial charge in [0.1, 0.15) is 10.7 Å². The molecule has 0 aliphatic heterocycles. The number of nitrogens with zero attached hydrogens (tertiary/aromatic N) is 2. The smallest absolute Gasteiger partial charge is 0.354 e. The molecule has 0 saturated carbocycles. The van der Waals surface area contributed by atoms with Gasteiger partial charge in [-0.1, -0.05) is 30.3 Å². The lowest BCUT2D eigenvalue weighted by molar-refractivity contribution is -0.384. The Labute approximate surface area is 181 Å². The number of rotatable bonds is 7. The number of nitro groups is 1. The molecule has 158 valence electrons. The molecule has 31 heavy (non-hydrogen) atoms. The Morgan fingerprint density at radius 3 is 2.52 bits per heavy atom. The molecule has 0 unspecified atom stereocenters. The third kappa shape index (κ3) is 5.11. The number of esters is 2. The van der Waals surface area contributed by atoms with Crippen molar-refractivity contribution in [2.75, 3.05) is 19.5 Å². The molecule has 10 heteroatoms. The molecule has 9 nitrogen and oxygen atoms in total. The summed E-state index contributed by atoms with van der Waals surface area (Å²) < 4.78 is 9.27. The van der Waals surface area contributed by atoms with Gasteiger partial charge in [0, 0.05) is 34.3 Å². The molecule has 1 heterocycles. The highest BCUT2D eigenvalue weighted by molar-refractivity contribution is 7.13. The first-order valence-electron chi connectivity index (χ1n) is 8.87. The second kappa shape index (κ2) is 9.63. The van der Waals surface area contributed by atoms with Crippen LogP contribution in [0.1, 0.15) is 0 Å². The molecule has 0 spiro atoms. The second-order valence-electron chi connectivity index (χ2n) is 6.09. The van der Waals surface area contributed by atoms with E-state index in [1.54, 1.807) is 0 Å². The first kappa shape index (κ1) is 21.7. The van der Waals surface area contributed by atoms with Crippen LogP contribution in [0.15, 0.2) is 65.7 Å². The standard InChI is InChI=1S/C21H17N3O6S/c1-29-19(25)11-17(21(26)30-2)22-16-9-8-14(24(27)28)10-15(16)20-23-18(12-31-20)13-6-4-3-5-7-13/h3-12,22H,1-2H3/b17-11+. The van der Waals surface area contributed by atoms with Crippen LogP contribution < -0.4 is 5.32 Å². The Morgan fingerprint density at radius 1 is 1.13 bits per heavy atom. The number of methoxy groups -OCH3 is 2. The van der Waals surface area contributed by atoms with Crippen LogP contribution in [0.3, 0.4) is 0 Å². The van der Waals surface area contributed by atoms with Gasteiger partial charge in [-0.15, -0.1) is 11.3 Å². The Kier molecular flexibility index (Phi) is 6.73. The van der Waals surface area contributed by atoms with Crippen LogP contribution in [0, 0.1) is 10.1 Å². The van der Waals surface area contributed by atoms with Gasteiger partial charge in [0.15, 0.2) is 0 Å². The lowest BCUT2D eigenvalue weighted by Crippen LogP contribution is -2.16. The SMILES string of the molecule is COC(=O)/C=C(/Nc1ccc([N+](=O)[O-])cc1-c1nc(-c2ccccc2)cs1)C(=O)OC. The van der Waals surface area contributed by atoms with Crippen LogP contribution in [0.2, 0.25) is 0 Å². The molecule has 1 N–H and O–H groups in total. The zero-order valence-electron chi connectivity index (χ0n) is 16.5. The number of hydrogen-bond acceptors (Lipinski definition) is 9. The summed E-state index contributed by atoms with van der Waals surface area (Å²) in [5.41, 5.74) is 1.99. The van der Waals surface area contributed by atoms with Gasteiger partial charge in [-0.2, -0.15) is 0 Å². The number of anilines is 1. The van der Waals surface area contributed by atoms with Crippen molar-refractivity contribution < 1.29 is 24.0 Å². The topological polar surface area (TPSA) is 121 Å². The number of aromatic nitrogens is 1. The zero-order chi connectivity index (χ0) is 22.4. The molecular formula is C21H17N3O6S. The predicted octanol–water partition coefficient (Wildman–Crippen LogP) is 4.03. The third-order valence-corrected chi connectivity index (χ3v) is 5.03. The zero-order valence-corrected chi connectivity index (χ0v) is 17.3. The molecule has 0 saturated heterocycles. The highest BCUT2D eigenvalue weighted by Gasteiger charge is 2.19. The van der Waals surface area contributed by atoms with Crippen LogP contribution in [0.4, 0.5) is 11.4 Å². The minimum absolute atomic E-state index is 0.145. The van der Waals surface area contributed by atoms with E-state index in [1.165, 1.54) is 43.8 Å². The Morgan fingerprint density at radius 2 is 1.87 bits per heavy atom. The molecule has 3 rings (SSSR count). The fraction of sp³-hybridized carbons (Fsp3) is 0.0952. The average Bonchev–Trinajstić information content (AvgIpc) is 3.28. The molecule has 0 aliphatic carbocycles. The molecule has 0 atom stereocenters. The van der Waals surface area contributed by atoms with Crippen LogP contribution in [0.25, 0.3) is 21.8 Å². The van der Waals surface area contributed by atoms with Gasteiger partial charge in [-0.05, 0) is 6.07 Å². The minimum Gasteiger partial charge on any atom is -0.466 e. The highest BCUT2D eigenvalue weighted by atomic mass is 32.1. The van der Waals surface area contributed by atoms with E-state index in [0.29, 0.717) is 22.0 Å². The van der Waals surface area contributed by atoms with E-state index >= 15 is 0 Å². The largest absolute Gasteiger partial charge is 0.466 e. The van der Waals surface area contributed by atoms with Crippen molar-refractivity contribution in [3.63, 3.8) is 0 Å². The number of non-ortho nitro benzene ring substituents is 1. The number of benzene rings is 2. The van der Waals surface area contributed by atoms with Gasteiger partial charge in [-0.25, -0.2) is 14.6 Å². The summed E-state index contributed by atoms with van der Waals surface area (Å²) in [4.78, 5) is 39.1. The highest BCUT2D eigenvalue weighted by Crippen LogP contribution is 2.36. The van der Waals surface area contributed by atoms with Gasteiger partial charge < -0.3 is 14.8 Å². The third-order valence-electron chi connectivity index (χ3n) is 4.16. The summed E-state index contributed by atoms with van der Waals surface area (Å²) >= 11 is 1.29. The summed E-state index contributed by atoms with van der Waals surface area (Å²) in [5.74, 6) is -1.57. The number of nitro benzene ring substituents is 1. The van der Waals surface area contributed by atoms with E-state index in [4.69, 9.17) is 4.74 Å². The van der Waals surface area contributed by atoms with E-state index < -0.39 is 16.9 Å². The van der Waals surface area contributed by atoms with Crippen molar-refractivity contribution in [1.82, 2.24) is 4.98 Å². The van der Waals surface area contributed by atoms with Crippen molar-refractivity contribution in [2.45, 2.75) is 0 Å². The lowest BCUT2D eigenvalue weighted by Gasteiger charge is -2.12. The van der Waals surface area contributed by atoms with Crippen LogP contribution in [-0.4, -0.2) is 36.1 Å². The number of nitrogens with one attached hydrogen (secondary N) is 1. The Bertz CT molecular complexity index is 1160. The fourth-order valence-corrected chi connectivity index (χ4v) is 3.51. The van der Waals surface area contributed by atoms with Crippen LogP contribution >= 0.6 is 11.3 Å². The van der Waals surface area contributed by atoms with Crippen molar-refractivity contribution in [1.29, 1.82) is 0 Å². The van der Waals surface area contributed by atoms with E-state index in [2.05, 4.69) is 15.0 Å². The number of thiazole rings is 1. The maximum absolute atomic E-state index is 12.1. The van der Waals surface area contributed by atoms with E-state index in [1.807, 2.05) is 35.7 Å². The van der Waals surface area contributed by atoms with Gasteiger partial charge in [0.25, 0.3) is 5.69 Å². The summed E-state index contributed by atoms with van der Waals surface area (Å²) in [6, 6.07) is 13.5. The predicted molar refractivity (Wildman–Crippen MR) is 115 cm³/mol. The fourth-order valence-electron chi connectivity index (χ4n) is 2.65. The number of carbonyl (C=O) groups excluding carboxylic acids is 2. The monoisotopic (exact) mass is 439 g/mol. The van der Waals surface area contributed by atoms with Gasteiger partial charge >= 0.3 is 11.9 Å². The molecule has 1 aromatic heterocycles. The molecule has 0 radical (unpaired) electrons. The number of hydrogen-bond donors (Lipinski definition) is 1. The van der Waals surface area contributed by atoms with Gasteiger partial charge in [0.2, 0.25) is 0 Å². The van der Waals surface area contributed by atoms with E-state index in [9.17, 15) is 19.7 Å². The second-order valence-corrected chi connectivity index (χ2v) is 6.95. The minimum atomic E-state index is -0.807. The van der Waals surface area contributed by atoms with Crippen molar-refractivity contribution in [2.24, 2.45) is 0 Å². The maximum atomic E-state index is 12.1. The quantitative estimate of drug-likeness (QED) is 0.254. The Balaban J connectivity index is 2.07. The normalized spacial score (nSPS) is 11.0. The first-order chi connectivity index (χ1) is 14.9. The summed E-state index contributed by atoms with van der Waals surface area (Å²) in [6.07, 6.45) is 0.939. The summed E-state index contributed by atoms with van der Waals surface area (Å²) in [6.45, 7) is 0. The van der Waals surface area contributed by atoms with Crippen molar-refractivity contribution >= 4 is 34.7 Å². The Hall–Kier alpha value is -4.05. The maximum Gasteiger partial charge on any atom is 0.354 e. The molecule has 0 fully saturated rings. The van der Waals surface area contributed by atoms with Gasteiger partial charge in [0.05, 0.1) is 30.9 Å².